The number of nitrogens with one attached hydrogen (secondary N) is 1. The third kappa shape index (κ3) is 6.22. The maximum Gasteiger partial charge on any atom is 0.339 e. The second-order valence-corrected chi connectivity index (χ2v) is 7.53. The molecule has 29 heavy (non-hydrogen) atoms. The summed E-state index contributed by atoms with van der Waals surface area (Å²) < 4.78 is 16.6. The van der Waals surface area contributed by atoms with E-state index in [0.29, 0.717) is 41.2 Å². The summed E-state index contributed by atoms with van der Waals surface area (Å²) in [5.74, 6) is 0.162. The van der Waals surface area contributed by atoms with Crippen LogP contribution in [0.3, 0.4) is 0 Å². The molecule has 0 aliphatic heterocycles. The molecule has 1 aromatic heterocycles. The number of esters is 1. The molecule has 0 saturated heterocycles. The van der Waals surface area contributed by atoms with Gasteiger partial charge < -0.3 is 19.5 Å². The Morgan fingerprint density at radius 2 is 1.93 bits per heavy atom. The summed E-state index contributed by atoms with van der Waals surface area (Å²) >= 11 is 1.23. The minimum Gasteiger partial charge on any atom is -0.490 e. The van der Waals surface area contributed by atoms with Crippen molar-refractivity contribution in [2.75, 3.05) is 18.5 Å². The van der Waals surface area contributed by atoms with Gasteiger partial charge in [0.05, 0.1) is 24.3 Å². The summed E-state index contributed by atoms with van der Waals surface area (Å²) in [5, 5.41) is 13.7. The predicted molar refractivity (Wildman–Crippen MR) is 110 cm³/mol. The molecule has 1 aromatic carbocycles. The number of nitrogens with zero attached hydrogens (tertiary/aromatic N) is 1. The Morgan fingerprint density at radius 1 is 1.17 bits per heavy atom. The van der Waals surface area contributed by atoms with E-state index in [4.69, 9.17) is 19.5 Å². The number of hydrogen-bond donors (Lipinski definition) is 1. The summed E-state index contributed by atoms with van der Waals surface area (Å²) in [5.41, 5.74) is 0.610. The lowest BCUT2D eigenvalue weighted by Gasteiger charge is -2.16. The highest BCUT2D eigenvalue weighted by atomic mass is 32.1. The molecule has 8 heteroatoms. The van der Waals surface area contributed by atoms with Gasteiger partial charge in [0.1, 0.15) is 11.1 Å². The Labute approximate surface area is 174 Å². The zero-order valence-corrected chi connectivity index (χ0v) is 17.7. The van der Waals surface area contributed by atoms with Crippen LogP contribution in [0.25, 0.3) is 0 Å². The summed E-state index contributed by atoms with van der Waals surface area (Å²) in [7, 11) is 0. The van der Waals surface area contributed by atoms with Crippen LogP contribution in [-0.4, -0.2) is 31.2 Å². The van der Waals surface area contributed by atoms with Crippen molar-refractivity contribution in [2.24, 2.45) is 5.92 Å². The zero-order chi connectivity index (χ0) is 21.4. The third-order valence-electron chi connectivity index (χ3n) is 3.73. The lowest BCUT2D eigenvalue weighted by molar-refractivity contribution is -0.123. The average molecular weight is 416 g/mol. The van der Waals surface area contributed by atoms with Gasteiger partial charge in [0.15, 0.2) is 17.6 Å². The molecule has 1 N–H and O–H groups in total. The number of ether oxygens (including phenoxy) is 3. The molecular formula is C21H24N2O5S. The summed E-state index contributed by atoms with van der Waals surface area (Å²) in [6, 6.07) is 8.36. The Balaban J connectivity index is 2.06. The normalized spacial score (nSPS) is 11.4. The topological polar surface area (TPSA) is 97.6 Å². The van der Waals surface area contributed by atoms with Crippen molar-refractivity contribution >= 4 is 28.2 Å². The van der Waals surface area contributed by atoms with Crippen molar-refractivity contribution < 1.29 is 23.8 Å². The molecule has 0 aliphatic carbocycles. The first-order valence-electron chi connectivity index (χ1n) is 9.24. The number of amides is 1. The largest absolute Gasteiger partial charge is 0.490 e. The zero-order valence-electron chi connectivity index (χ0n) is 16.9. The van der Waals surface area contributed by atoms with E-state index in [9.17, 15) is 9.59 Å². The first-order valence-corrected chi connectivity index (χ1v) is 10.1. The second kappa shape index (κ2) is 10.5. The molecule has 2 aromatic rings. The fourth-order valence-electron chi connectivity index (χ4n) is 2.27. The quantitative estimate of drug-likeness (QED) is 0.614. The molecular weight excluding hydrogens is 392 g/mol. The van der Waals surface area contributed by atoms with Gasteiger partial charge >= 0.3 is 5.97 Å². The van der Waals surface area contributed by atoms with Gasteiger partial charge in [-0.2, -0.15) is 5.26 Å². The molecule has 0 spiro atoms. The van der Waals surface area contributed by atoms with Gasteiger partial charge in [-0.1, -0.05) is 13.8 Å². The standard InChI is InChI=1S/C21H24N2O5S/c1-5-26-18-10-15(6-7-17(18)27-12-13(2)3)21(25)28-14(4)19(24)23-20-16(11-22)8-9-29-20/h6-10,13-14H,5,12H2,1-4H3,(H,23,24)/t14-/m0/s1. The molecule has 0 radical (unpaired) electrons. The van der Waals surface area contributed by atoms with Gasteiger partial charge in [-0.05, 0) is 49.4 Å². The predicted octanol–water partition coefficient (Wildman–Crippen LogP) is 4.24. The lowest BCUT2D eigenvalue weighted by Crippen LogP contribution is -2.30. The minimum atomic E-state index is -1.04. The number of carbonyl (C=O) groups is 2. The number of carbonyl (C=O) groups excluding carboxylic acids is 2. The van der Waals surface area contributed by atoms with Gasteiger partial charge in [-0.3, -0.25) is 4.79 Å². The fraction of sp³-hybridized carbons (Fsp3) is 0.381. The number of rotatable bonds is 9. The van der Waals surface area contributed by atoms with E-state index in [1.165, 1.54) is 18.3 Å². The van der Waals surface area contributed by atoms with Crippen LogP contribution in [0.2, 0.25) is 0 Å². The van der Waals surface area contributed by atoms with Gasteiger partial charge in [-0.15, -0.1) is 11.3 Å². The Bertz CT molecular complexity index is 901. The average Bonchev–Trinajstić information content (AvgIpc) is 3.14. The van der Waals surface area contributed by atoms with Crippen LogP contribution in [0.4, 0.5) is 5.00 Å². The van der Waals surface area contributed by atoms with Crippen molar-refractivity contribution in [3.05, 3.63) is 40.8 Å². The van der Waals surface area contributed by atoms with Crippen LogP contribution < -0.4 is 14.8 Å². The molecule has 7 nitrogen and oxygen atoms in total. The van der Waals surface area contributed by atoms with Gasteiger partial charge in [0, 0.05) is 0 Å². The number of anilines is 1. The number of nitriles is 1. The van der Waals surface area contributed by atoms with Crippen molar-refractivity contribution in [3.63, 3.8) is 0 Å². The monoisotopic (exact) mass is 416 g/mol. The smallest absolute Gasteiger partial charge is 0.339 e. The highest BCUT2D eigenvalue weighted by molar-refractivity contribution is 7.14. The Hall–Kier alpha value is -3.05. The van der Waals surface area contributed by atoms with Crippen LogP contribution in [0.1, 0.15) is 43.6 Å². The van der Waals surface area contributed by atoms with Crippen LogP contribution in [0.5, 0.6) is 11.5 Å². The molecule has 154 valence electrons. The maximum absolute atomic E-state index is 12.5. The maximum atomic E-state index is 12.5. The number of thiophene rings is 1. The first kappa shape index (κ1) is 22.2. The first-order chi connectivity index (χ1) is 13.8. The van der Waals surface area contributed by atoms with E-state index in [-0.39, 0.29) is 5.56 Å². The molecule has 0 aliphatic rings. The molecule has 0 saturated carbocycles. The highest BCUT2D eigenvalue weighted by Crippen LogP contribution is 2.29. The van der Waals surface area contributed by atoms with Crippen molar-refractivity contribution in [3.8, 4) is 17.6 Å². The SMILES string of the molecule is CCOc1cc(C(=O)O[C@@H](C)C(=O)Nc2sccc2C#N)ccc1OCC(C)C. The minimum absolute atomic E-state index is 0.249. The van der Waals surface area contributed by atoms with E-state index in [2.05, 4.69) is 5.32 Å². The van der Waals surface area contributed by atoms with E-state index < -0.39 is 18.0 Å². The molecule has 0 fully saturated rings. The van der Waals surface area contributed by atoms with Crippen molar-refractivity contribution in [1.29, 1.82) is 5.26 Å². The molecule has 2 rings (SSSR count). The molecule has 1 atom stereocenters. The van der Waals surface area contributed by atoms with Gasteiger partial charge in [-0.25, -0.2) is 4.79 Å². The second-order valence-electron chi connectivity index (χ2n) is 6.61. The van der Waals surface area contributed by atoms with E-state index in [1.54, 1.807) is 29.6 Å². The summed E-state index contributed by atoms with van der Waals surface area (Å²) in [4.78, 5) is 24.8. The van der Waals surface area contributed by atoms with Crippen LogP contribution in [-0.2, 0) is 9.53 Å². The Kier molecular flexibility index (Phi) is 8.04. The van der Waals surface area contributed by atoms with Crippen LogP contribution in [0, 0.1) is 17.2 Å². The van der Waals surface area contributed by atoms with Crippen molar-refractivity contribution in [2.45, 2.75) is 33.8 Å². The van der Waals surface area contributed by atoms with Crippen LogP contribution in [0.15, 0.2) is 29.6 Å². The van der Waals surface area contributed by atoms with Gasteiger partial charge in [0.25, 0.3) is 5.91 Å². The highest BCUT2D eigenvalue weighted by Gasteiger charge is 2.21. The third-order valence-corrected chi connectivity index (χ3v) is 4.56. The van der Waals surface area contributed by atoms with E-state index in [1.807, 2.05) is 26.8 Å². The molecule has 0 unspecified atom stereocenters. The Morgan fingerprint density at radius 3 is 2.59 bits per heavy atom. The fourth-order valence-corrected chi connectivity index (χ4v) is 3.01. The van der Waals surface area contributed by atoms with Crippen LogP contribution >= 0.6 is 11.3 Å². The van der Waals surface area contributed by atoms with Gasteiger partial charge in [0.2, 0.25) is 0 Å². The van der Waals surface area contributed by atoms with E-state index >= 15 is 0 Å². The van der Waals surface area contributed by atoms with E-state index in [0.717, 1.165) is 0 Å². The number of hydrogen-bond acceptors (Lipinski definition) is 7. The lowest BCUT2D eigenvalue weighted by atomic mass is 10.2. The molecule has 1 amide bonds. The molecule has 0 bridgehead atoms. The summed E-state index contributed by atoms with van der Waals surface area (Å²) in [6.45, 7) is 8.31. The van der Waals surface area contributed by atoms with Crippen molar-refractivity contribution in [1.82, 2.24) is 0 Å². The number of benzene rings is 1. The molecule has 1 heterocycles. The summed E-state index contributed by atoms with van der Waals surface area (Å²) in [6.07, 6.45) is -1.04.